The van der Waals surface area contributed by atoms with Gasteiger partial charge in [-0.15, -0.1) is 27.8 Å². The number of aromatic nitrogens is 5. The molecule has 0 saturated carbocycles. The Morgan fingerprint density at radius 1 is 0.886 bits per heavy atom. The molecule has 3 aliphatic rings. The fourth-order valence-corrected chi connectivity index (χ4v) is 10.8. The average Bonchev–Trinajstić information content (AvgIpc) is 4.18. The molecule has 6 aromatic rings. The number of Topliss-reactive ketones (excluding diaryl/α,β-unsaturated/α-hetero) is 1. The van der Waals surface area contributed by atoms with Gasteiger partial charge in [-0.1, -0.05) is 41.6 Å². The highest BCUT2D eigenvalue weighted by Gasteiger charge is 2.40. The van der Waals surface area contributed by atoms with Gasteiger partial charge in [0.1, 0.15) is 16.7 Å². The summed E-state index contributed by atoms with van der Waals surface area (Å²) in [5, 5.41) is 15.7. The van der Waals surface area contributed by atoms with E-state index < -0.39 is 17.9 Å². The molecule has 6 heterocycles. The number of carbonyl (C=O) groups is 5. The van der Waals surface area contributed by atoms with Gasteiger partial charge >= 0.3 is 5.97 Å². The summed E-state index contributed by atoms with van der Waals surface area (Å²) in [4.78, 5) is 78.0. The third kappa shape index (κ3) is 11.6. The zero-order valence-electron chi connectivity index (χ0n) is 38.7. The van der Waals surface area contributed by atoms with Crippen LogP contribution in [0.2, 0.25) is 0 Å². The van der Waals surface area contributed by atoms with Crippen LogP contribution in [0.1, 0.15) is 82.7 Å². The van der Waals surface area contributed by atoms with E-state index in [4.69, 9.17) is 28.7 Å². The van der Waals surface area contributed by atoms with Crippen molar-refractivity contribution in [2.75, 3.05) is 70.2 Å². The molecular formula is C49H53N9O10S2. The number of methoxy groups -OCH3 is 1. The molecule has 3 amide bonds. The maximum atomic E-state index is 13.7. The second-order valence-electron chi connectivity index (χ2n) is 16.9. The van der Waals surface area contributed by atoms with Crippen molar-refractivity contribution < 1.29 is 47.7 Å². The fourth-order valence-electron chi connectivity index (χ4n) is 8.76. The fraction of sp³-hybridized carbons (Fsp3) is 0.408. The lowest BCUT2D eigenvalue weighted by atomic mass is 9.92. The monoisotopic (exact) mass is 991 g/mol. The molecular weight excluding hydrogens is 939 g/mol. The van der Waals surface area contributed by atoms with Gasteiger partial charge in [0.05, 0.1) is 62.5 Å². The number of nitrogens with one attached hydrogen (secondary N) is 2. The third-order valence-electron chi connectivity index (χ3n) is 12.2. The number of anilines is 2. The van der Waals surface area contributed by atoms with Gasteiger partial charge in [0.25, 0.3) is 5.91 Å². The lowest BCUT2D eigenvalue weighted by molar-refractivity contribution is -0.136. The first-order chi connectivity index (χ1) is 34.2. The number of imide groups is 1. The molecule has 1 fully saturated rings. The molecule has 0 spiro atoms. The molecule has 19 nitrogen and oxygen atoms in total. The summed E-state index contributed by atoms with van der Waals surface area (Å²) in [5.41, 5.74) is 6.82. The number of benzene rings is 3. The smallest absolute Gasteiger partial charge is 0.360 e. The number of aryl methyl sites for hydroxylation is 2. The van der Waals surface area contributed by atoms with Crippen molar-refractivity contribution in [1.82, 2.24) is 35.2 Å². The molecule has 0 aliphatic carbocycles. The Bertz CT molecular complexity index is 2830. The summed E-state index contributed by atoms with van der Waals surface area (Å²) >= 11 is 3.00. The van der Waals surface area contributed by atoms with Crippen molar-refractivity contribution in [3.63, 3.8) is 0 Å². The zero-order chi connectivity index (χ0) is 48.4. The summed E-state index contributed by atoms with van der Waals surface area (Å²) in [6.07, 6.45) is 4.54. The minimum Gasteiger partial charge on any atom is -0.434 e. The Labute approximate surface area is 411 Å². The van der Waals surface area contributed by atoms with E-state index >= 15 is 0 Å². The molecule has 1 unspecified atom stereocenters. The third-order valence-corrected chi connectivity index (χ3v) is 14.4. The first-order valence-electron chi connectivity index (χ1n) is 23.2. The minimum absolute atomic E-state index is 0.0254. The van der Waals surface area contributed by atoms with Gasteiger partial charge in [-0.3, -0.25) is 29.2 Å². The van der Waals surface area contributed by atoms with Crippen LogP contribution in [0.15, 0.2) is 66.9 Å². The normalized spacial score (nSPS) is 15.6. The largest absolute Gasteiger partial charge is 0.434 e. The molecule has 70 heavy (non-hydrogen) atoms. The minimum atomic E-state index is -0.661. The lowest BCUT2D eigenvalue weighted by Crippen LogP contribution is -2.52. The number of carbonyl (C=O) groups excluding carboxylic acids is 5. The molecule has 3 aromatic carbocycles. The number of ether oxygens (including phenoxy) is 5. The maximum Gasteiger partial charge on any atom is 0.360 e. The Morgan fingerprint density at radius 2 is 1.71 bits per heavy atom. The van der Waals surface area contributed by atoms with E-state index in [-0.39, 0.29) is 49.5 Å². The number of piperidine rings is 1. The van der Waals surface area contributed by atoms with Crippen LogP contribution in [0, 0.1) is 0 Å². The average molecular weight is 992 g/mol. The maximum absolute atomic E-state index is 13.7. The number of amides is 3. The van der Waals surface area contributed by atoms with Crippen molar-refractivity contribution in [2.24, 2.45) is 0 Å². The van der Waals surface area contributed by atoms with Gasteiger partial charge in [0, 0.05) is 73.5 Å². The number of hydrogen-bond donors (Lipinski definition) is 2. The summed E-state index contributed by atoms with van der Waals surface area (Å²) in [5.74, 6) is -1.49. The Morgan fingerprint density at radius 3 is 2.56 bits per heavy atom. The predicted octanol–water partition coefficient (Wildman–Crippen LogP) is 5.15. The number of thiazole rings is 2. The van der Waals surface area contributed by atoms with E-state index in [9.17, 15) is 24.0 Å². The van der Waals surface area contributed by atoms with Gasteiger partial charge in [-0.2, -0.15) is 0 Å². The molecule has 21 heteroatoms. The lowest BCUT2D eigenvalue weighted by Gasteiger charge is -2.29. The summed E-state index contributed by atoms with van der Waals surface area (Å²) in [7, 11) is 1.46. The number of nitrogens with zero attached hydrogens (tertiary/aromatic N) is 7. The summed E-state index contributed by atoms with van der Waals surface area (Å²) in [6, 6.07) is 18.6. The van der Waals surface area contributed by atoms with Crippen LogP contribution < -0.4 is 15.5 Å². The number of ketones is 1. The molecule has 9 rings (SSSR count). The second-order valence-corrected chi connectivity index (χ2v) is 19.1. The quantitative estimate of drug-likeness (QED) is 0.0264. The van der Waals surface area contributed by atoms with Crippen LogP contribution in [0.5, 0.6) is 0 Å². The number of para-hydroxylation sites is 1. The molecule has 0 bridgehead atoms. The number of rotatable bonds is 24. The molecule has 1 saturated heterocycles. The van der Waals surface area contributed by atoms with Crippen LogP contribution in [0.25, 0.3) is 10.2 Å². The molecule has 2 N–H and O–H groups in total. The molecule has 0 radical (unpaired) electrons. The van der Waals surface area contributed by atoms with Gasteiger partial charge in [-0.05, 0) is 61.1 Å². The zero-order valence-corrected chi connectivity index (χ0v) is 40.3. The second kappa shape index (κ2) is 23.0. The number of esters is 1. The van der Waals surface area contributed by atoms with Crippen molar-refractivity contribution in [3.05, 3.63) is 116 Å². The molecule has 3 aliphatic heterocycles. The van der Waals surface area contributed by atoms with Crippen LogP contribution in [-0.4, -0.2) is 125 Å². The van der Waals surface area contributed by atoms with Crippen molar-refractivity contribution >= 4 is 73.2 Å². The topological polar surface area (TPSA) is 219 Å². The molecule has 366 valence electrons. The SMILES string of the molecule is COCOC(=O)c1nc(N2CCc3cccc(C(=O)Cc4nc5ccccc5s4)c3C2)sc1CCCn1cc(COCCOCCOCCNc2cccc3c2CN(C2CCC(=O)NC2=O)C3=O)nn1. The predicted molar refractivity (Wildman–Crippen MR) is 259 cm³/mol. The Kier molecular flexibility index (Phi) is 15.9. The van der Waals surface area contributed by atoms with E-state index in [1.807, 2.05) is 48.7 Å². The Hall–Kier alpha value is -6.49. The van der Waals surface area contributed by atoms with Gasteiger partial charge in [-0.25, -0.2) is 14.8 Å². The first-order valence-corrected chi connectivity index (χ1v) is 24.9. The van der Waals surface area contributed by atoms with Crippen molar-refractivity contribution in [3.8, 4) is 0 Å². The highest BCUT2D eigenvalue weighted by molar-refractivity contribution is 7.18. The van der Waals surface area contributed by atoms with Crippen LogP contribution in [0.3, 0.4) is 0 Å². The van der Waals surface area contributed by atoms with E-state index in [2.05, 4.69) is 36.9 Å². The van der Waals surface area contributed by atoms with E-state index in [0.717, 1.165) is 48.9 Å². The van der Waals surface area contributed by atoms with Crippen molar-refractivity contribution in [1.29, 1.82) is 0 Å². The van der Waals surface area contributed by atoms with Crippen LogP contribution in [-0.2, 0) is 78.8 Å². The summed E-state index contributed by atoms with van der Waals surface area (Å²) < 4.78 is 30.3. The first kappa shape index (κ1) is 48.5. The number of fused-ring (bicyclic) bond motifs is 3. The van der Waals surface area contributed by atoms with E-state index in [1.165, 1.54) is 23.3 Å². The van der Waals surface area contributed by atoms with Crippen LogP contribution >= 0.6 is 22.7 Å². The van der Waals surface area contributed by atoms with Gasteiger partial charge in [0.2, 0.25) is 11.8 Å². The standard InChI is InChI=1S/C49H53N9O10S2/c1-64-30-68-48(63)45-42(70-49(53-45)56-19-16-31-7-4-8-33(35(31)27-56)40(59)25-44-51-38-10-2-3-12-41(38)69-44)13-6-18-57-26-32(54-55-57)29-67-24-23-66-22-21-65-20-17-50-37-11-5-9-34-36(37)28-58(47(34)62)39-14-15-43(60)52-46(39)61/h2-5,7-12,26,39,50H,6,13-25,27-30H2,1H3,(H,52,60,61). The van der Waals surface area contributed by atoms with Crippen molar-refractivity contribution in [2.45, 2.75) is 70.8 Å². The molecule has 3 aromatic heterocycles. The van der Waals surface area contributed by atoms with E-state index in [1.54, 1.807) is 28.2 Å². The Balaban J connectivity index is 0.683. The van der Waals surface area contributed by atoms with Crippen LogP contribution in [0.4, 0.5) is 10.8 Å². The summed E-state index contributed by atoms with van der Waals surface area (Å²) in [6.45, 7) is 4.57. The highest BCUT2D eigenvalue weighted by Crippen LogP contribution is 2.35. The van der Waals surface area contributed by atoms with Gasteiger partial charge < -0.3 is 38.8 Å². The van der Waals surface area contributed by atoms with E-state index in [0.29, 0.717) is 107 Å². The number of hydrogen-bond acceptors (Lipinski definition) is 18. The molecule has 1 atom stereocenters. The van der Waals surface area contributed by atoms with Gasteiger partial charge in [0.15, 0.2) is 23.4 Å². The highest BCUT2D eigenvalue weighted by atomic mass is 32.1.